The van der Waals surface area contributed by atoms with Crippen molar-refractivity contribution in [2.75, 3.05) is 0 Å². The molecule has 0 saturated carbocycles. The molecule has 0 saturated heterocycles. The smallest absolute Gasteiger partial charge is 0.307 e. The van der Waals surface area contributed by atoms with Crippen molar-refractivity contribution in [1.29, 1.82) is 0 Å². The van der Waals surface area contributed by atoms with Crippen LogP contribution in [-0.2, 0) is 22.6 Å². The highest BCUT2D eigenvalue weighted by Gasteiger charge is 2.33. The van der Waals surface area contributed by atoms with E-state index in [9.17, 15) is 14.7 Å². The first-order valence-electron chi connectivity index (χ1n) is 6.84. The second-order valence-electron chi connectivity index (χ2n) is 4.93. The van der Waals surface area contributed by atoms with Crippen LogP contribution in [0.2, 0.25) is 0 Å². The number of thiophene rings is 1. The third kappa shape index (κ3) is 3.28. The van der Waals surface area contributed by atoms with Crippen molar-refractivity contribution in [3.8, 4) is 0 Å². The highest BCUT2D eigenvalue weighted by atomic mass is 32.1. The van der Waals surface area contributed by atoms with E-state index in [2.05, 4.69) is 18.3 Å². The van der Waals surface area contributed by atoms with Crippen LogP contribution in [-0.4, -0.2) is 17.0 Å². The van der Waals surface area contributed by atoms with Gasteiger partial charge in [-0.05, 0) is 36.3 Å². The molecule has 4 nitrogen and oxygen atoms in total. The summed E-state index contributed by atoms with van der Waals surface area (Å²) in [6.07, 6.45) is 5.63. The molecule has 1 aliphatic carbocycles. The van der Waals surface area contributed by atoms with Gasteiger partial charge in [0.15, 0.2) is 0 Å². The standard InChI is InChI=1S/C15H19NO3S/c1-2-10-7-8-20-13(10)9-16-14(17)11-5-3-4-6-12(11)15(18)19/h3-4,7-8,11-12H,2,5-6,9H2,1H3,(H,16,17)(H,18,19)/t11-,12+/m1/s1. The fourth-order valence-corrected chi connectivity index (χ4v) is 3.43. The molecule has 0 aliphatic heterocycles. The van der Waals surface area contributed by atoms with Gasteiger partial charge in [-0.25, -0.2) is 0 Å². The summed E-state index contributed by atoms with van der Waals surface area (Å²) >= 11 is 1.62. The minimum absolute atomic E-state index is 0.155. The van der Waals surface area contributed by atoms with Crippen molar-refractivity contribution in [3.63, 3.8) is 0 Å². The van der Waals surface area contributed by atoms with Gasteiger partial charge in [-0.3, -0.25) is 9.59 Å². The Labute approximate surface area is 122 Å². The molecule has 108 valence electrons. The Bertz CT molecular complexity index is 521. The summed E-state index contributed by atoms with van der Waals surface area (Å²) in [5.74, 6) is -2.10. The van der Waals surface area contributed by atoms with Gasteiger partial charge in [-0.15, -0.1) is 11.3 Å². The lowest BCUT2D eigenvalue weighted by atomic mass is 9.82. The van der Waals surface area contributed by atoms with Gasteiger partial charge in [0.25, 0.3) is 0 Å². The highest BCUT2D eigenvalue weighted by molar-refractivity contribution is 7.10. The zero-order valence-corrected chi connectivity index (χ0v) is 12.3. The molecule has 0 fully saturated rings. The topological polar surface area (TPSA) is 66.4 Å². The third-order valence-electron chi connectivity index (χ3n) is 3.73. The number of carbonyl (C=O) groups excluding carboxylic acids is 1. The molecule has 5 heteroatoms. The fraction of sp³-hybridized carbons (Fsp3) is 0.467. The first kappa shape index (κ1) is 14.8. The SMILES string of the molecule is CCc1ccsc1CNC(=O)[C@@H]1CC=CC[C@@H]1C(=O)O. The van der Waals surface area contributed by atoms with Crippen molar-refractivity contribution in [2.24, 2.45) is 11.8 Å². The molecule has 1 amide bonds. The third-order valence-corrected chi connectivity index (χ3v) is 4.69. The van der Waals surface area contributed by atoms with E-state index >= 15 is 0 Å². The molecule has 0 unspecified atom stereocenters. The second kappa shape index (κ2) is 6.70. The van der Waals surface area contributed by atoms with E-state index < -0.39 is 17.8 Å². The molecule has 1 aromatic heterocycles. The second-order valence-corrected chi connectivity index (χ2v) is 5.94. The number of carbonyl (C=O) groups is 2. The van der Waals surface area contributed by atoms with E-state index in [1.165, 1.54) is 5.56 Å². The molecular formula is C15H19NO3S. The van der Waals surface area contributed by atoms with E-state index in [1.807, 2.05) is 17.5 Å². The quantitative estimate of drug-likeness (QED) is 0.820. The summed E-state index contributed by atoms with van der Waals surface area (Å²) < 4.78 is 0. The maximum Gasteiger partial charge on any atom is 0.307 e. The molecule has 0 aromatic carbocycles. The lowest BCUT2D eigenvalue weighted by Crippen LogP contribution is -2.38. The van der Waals surface area contributed by atoms with Gasteiger partial charge >= 0.3 is 5.97 Å². The minimum Gasteiger partial charge on any atom is -0.481 e. The van der Waals surface area contributed by atoms with Crippen molar-refractivity contribution in [1.82, 2.24) is 5.32 Å². The van der Waals surface area contributed by atoms with E-state index in [-0.39, 0.29) is 5.91 Å². The number of hydrogen-bond donors (Lipinski definition) is 2. The Kier molecular flexibility index (Phi) is 4.95. The Morgan fingerprint density at radius 3 is 2.70 bits per heavy atom. The number of carboxylic acid groups (broad SMARTS) is 1. The first-order chi connectivity index (χ1) is 9.63. The molecule has 1 aliphatic rings. The Morgan fingerprint density at radius 2 is 2.05 bits per heavy atom. The molecule has 0 spiro atoms. The maximum atomic E-state index is 12.2. The lowest BCUT2D eigenvalue weighted by Gasteiger charge is -2.24. The van der Waals surface area contributed by atoms with Gasteiger partial charge in [0.05, 0.1) is 18.4 Å². The van der Waals surface area contributed by atoms with E-state index in [0.29, 0.717) is 19.4 Å². The molecule has 2 N–H and O–H groups in total. The molecule has 20 heavy (non-hydrogen) atoms. The monoisotopic (exact) mass is 293 g/mol. The van der Waals surface area contributed by atoms with Gasteiger partial charge in [0.2, 0.25) is 5.91 Å². The van der Waals surface area contributed by atoms with Gasteiger partial charge in [-0.2, -0.15) is 0 Å². The summed E-state index contributed by atoms with van der Waals surface area (Å²) in [4.78, 5) is 24.5. The summed E-state index contributed by atoms with van der Waals surface area (Å²) in [7, 11) is 0. The molecule has 2 rings (SSSR count). The molecule has 2 atom stereocenters. The Morgan fingerprint density at radius 1 is 1.35 bits per heavy atom. The number of aryl methyl sites for hydroxylation is 1. The first-order valence-corrected chi connectivity index (χ1v) is 7.72. The minimum atomic E-state index is -0.889. The fourth-order valence-electron chi connectivity index (χ4n) is 2.51. The molecule has 1 aromatic rings. The average Bonchev–Trinajstić information content (AvgIpc) is 2.92. The summed E-state index contributed by atoms with van der Waals surface area (Å²) in [5.41, 5.74) is 1.24. The molecule has 0 radical (unpaired) electrons. The van der Waals surface area contributed by atoms with Gasteiger partial charge < -0.3 is 10.4 Å². The van der Waals surface area contributed by atoms with Crippen LogP contribution in [0.15, 0.2) is 23.6 Å². The van der Waals surface area contributed by atoms with E-state index in [1.54, 1.807) is 11.3 Å². The number of allylic oxidation sites excluding steroid dienone is 2. The summed E-state index contributed by atoms with van der Waals surface area (Å²) in [5, 5.41) is 14.1. The zero-order chi connectivity index (χ0) is 14.5. The van der Waals surface area contributed by atoms with Crippen LogP contribution in [0.25, 0.3) is 0 Å². The number of amides is 1. The summed E-state index contributed by atoms with van der Waals surface area (Å²) in [6.45, 7) is 2.58. The Balaban J connectivity index is 1.97. The van der Waals surface area contributed by atoms with Crippen LogP contribution >= 0.6 is 11.3 Å². The van der Waals surface area contributed by atoms with Crippen LogP contribution in [0.4, 0.5) is 0 Å². The van der Waals surface area contributed by atoms with E-state index in [0.717, 1.165) is 11.3 Å². The summed E-state index contributed by atoms with van der Waals surface area (Å²) in [6, 6.07) is 2.07. The van der Waals surface area contributed by atoms with Gasteiger partial charge in [0.1, 0.15) is 0 Å². The van der Waals surface area contributed by atoms with Crippen LogP contribution in [0.5, 0.6) is 0 Å². The maximum absolute atomic E-state index is 12.2. The highest BCUT2D eigenvalue weighted by Crippen LogP contribution is 2.26. The van der Waals surface area contributed by atoms with Crippen molar-refractivity contribution >= 4 is 23.2 Å². The number of aliphatic carboxylic acids is 1. The normalized spacial score (nSPS) is 21.6. The average molecular weight is 293 g/mol. The molecule has 0 bridgehead atoms. The molecular weight excluding hydrogens is 274 g/mol. The van der Waals surface area contributed by atoms with Crippen LogP contribution in [0, 0.1) is 11.8 Å². The number of carboxylic acids is 1. The van der Waals surface area contributed by atoms with Gasteiger partial charge in [0, 0.05) is 4.88 Å². The van der Waals surface area contributed by atoms with Crippen molar-refractivity contribution in [3.05, 3.63) is 34.0 Å². The predicted octanol–water partition coefficient (Wildman–Crippen LogP) is 2.59. The molecule has 1 heterocycles. The van der Waals surface area contributed by atoms with Crippen molar-refractivity contribution in [2.45, 2.75) is 32.7 Å². The van der Waals surface area contributed by atoms with Crippen molar-refractivity contribution < 1.29 is 14.7 Å². The van der Waals surface area contributed by atoms with Gasteiger partial charge in [-0.1, -0.05) is 19.1 Å². The van der Waals surface area contributed by atoms with Crippen LogP contribution in [0.1, 0.15) is 30.2 Å². The predicted molar refractivity (Wildman–Crippen MR) is 78.5 cm³/mol. The van der Waals surface area contributed by atoms with Crippen LogP contribution < -0.4 is 5.32 Å². The number of rotatable bonds is 5. The van der Waals surface area contributed by atoms with Crippen LogP contribution in [0.3, 0.4) is 0 Å². The number of hydrogen-bond acceptors (Lipinski definition) is 3. The largest absolute Gasteiger partial charge is 0.481 e. The Hall–Kier alpha value is -1.62. The number of nitrogens with one attached hydrogen (secondary N) is 1. The van der Waals surface area contributed by atoms with E-state index in [4.69, 9.17) is 0 Å². The lowest BCUT2D eigenvalue weighted by molar-refractivity contribution is -0.147. The zero-order valence-electron chi connectivity index (χ0n) is 11.5.